The molecule has 1 heterocycles. The summed E-state index contributed by atoms with van der Waals surface area (Å²) < 4.78 is 6.17. The highest BCUT2D eigenvalue weighted by molar-refractivity contribution is 5.85. The Morgan fingerprint density at radius 2 is 2.00 bits per heavy atom. The highest BCUT2D eigenvalue weighted by Gasteiger charge is 2.17. The lowest BCUT2D eigenvalue weighted by atomic mass is 9.98. The third-order valence-corrected chi connectivity index (χ3v) is 3.58. The summed E-state index contributed by atoms with van der Waals surface area (Å²) >= 11 is 0. The average Bonchev–Trinajstić information content (AvgIpc) is 2.77. The van der Waals surface area contributed by atoms with Crippen LogP contribution in [0.25, 0.3) is 11.0 Å². The van der Waals surface area contributed by atoms with E-state index in [1.165, 1.54) is 16.5 Å². The fourth-order valence-electron chi connectivity index (χ4n) is 2.67. The van der Waals surface area contributed by atoms with Gasteiger partial charge in [-0.3, -0.25) is 0 Å². The number of fused-ring (bicyclic) bond motifs is 1. The van der Waals surface area contributed by atoms with Crippen LogP contribution in [0.5, 0.6) is 0 Å². The van der Waals surface area contributed by atoms with Crippen LogP contribution >= 0.6 is 0 Å². The summed E-state index contributed by atoms with van der Waals surface area (Å²) in [4.78, 5) is 0. The Hall–Kier alpha value is -1.28. The van der Waals surface area contributed by atoms with Gasteiger partial charge in [0.15, 0.2) is 0 Å². The SMILES string of the molecule is CCCNCc1oc2c(CC)cccc2c1C(C)C. The number of para-hydroxylation sites is 1. The molecule has 2 heteroatoms. The molecule has 0 unspecified atom stereocenters. The van der Waals surface area contributed by atoms with E-state index in [1.54, 1.807) is 0 Å². The Balaban J connectivity index is 2.47. The molecule has 0 aliphatic carbocycles. The Bertz CT molecular complexity index is 539. The van der Waals surface area contributed by atoms with Crippen LogP contribution in [0.15, 0.2) is 22.6 Å². The van der Waals surface area contributed by atoms with Gasteiger partial charge in [0.1, 0.15) is 11.3 Å². The zero-order chi connectivity index (χ0) is 13.8. The van der Waals surface area contributed by atoms with Gasteiger partial charge < -0.3 is 9.73 Å². The fourth-order valence-corrected chi connectivity index (χ4v) is 2.67. The van der Waals surface area contributed by atoms with Crippen LogP contribution in [-0.4, -0.2) is 6.54 Å². The van der Waals surface area contributed by atoms with Gasteiger partial charge in [-0.05, 0) is 30.9 Å². The largest absolute Gasteiger partial charge is 0.459 e. The van der Waals surface area contributed by atoms with Gasteiger partial charge in [0.2, 0.25) is 0 Å². The number of furan rings is 1. The van der Waals surface area contributed by atoms with Crippen molar-refractivity contribution in [1.29, 1.82) is 0 Å². The maximum atomic E-state index is 6.17. The minimum atomic E-state index is 0.492. The molecule has 0 spiro atoms. The first kappa shape index (κ1) is 14.1. The Labute approximate surface area is 116 Å². The van der Waals surface area contributed by atoms with Crippen molar-refractivity contribution >= 4 is 11.0 Å². The summed E-state index contributed by atoms with van der Waals surface area (Å²) in [5.74, 6) is 1.60. The maximum absolute atomic E-state index is 6.17. The van der Waals surface area contributed by atoms with E-state index in [2.05, 4.69) is 51.2 Å². The molecule has 2 rings (SSSR count). The summed E-state index contributed by atoms with van der Waals surface area (Å²) in [6.45, 7) is 10.7. The molecule has 0 fully saturated rings. The molecule has 1 aromatic carbocycles. The van der Waals surface area contributed by atoms with E-state index in [4.69, 9.17) is 4.42 Å². The molecule has 0 saturated carbocycles. The number of hydrogen-bond donors (Lipinski definition) is 1. The van der Waals surface area contributed by atoms with Gasteiger partial charge >= 0.3 is 0 Å². The van der Waals surface area contributed by atoms with Crippen molar-refractivity contribution in [3.05, 3.63) is 35.1 Å². The predicted molar refractivity (Wildman–Crippen MR) is 81.7 cm³/mol. The zero-order valence-electron chi connectivity index (χ0n) is 12.5. The van der Waals surface area contributed by atoms with Crippen LogP contribution in [0, 0.1) is 0 Å². The van der Waals surface area contributed by atoms with Crippen LogP contribution < -0.4 is 5.32 Å². The lowest BCUT2D eigenvalue weighted by Crippen LogP contribution is -2.14. The first-order valence-electron chi connectivity index (χ1n) is 7.42. The third kappa shape index (κ3) is 2.84. The van der Waals surface area contributed by atoms with Crippen LogP contribution in [0.1, 0.15) is 56.9 Å². The van der Waals surface area contributed by atoms with E-state index in [1.807, 2.05) is 0 Å². The summed E-state index contributed by atoms with van der Waals surface area (Å²) in [6.07, 6.45) is 2.17. The van der Waals surface area contributed by atoms with Crippen LogP contribution in [0.2, 0.25) is 0 Å². The highest BCUT2D eigenvalue weighted by atomic mass is 16.3. The van der Waals surface area contributed by atoms with Gasteiger partial charge in [0.05, 0.1) is 6.54 Å². The van der Waals surface area contributed by atoms with Crippen molar-refractivity contribution in [3.63, 3.8) is 0 Å². The van der Waals surface area contributed by atoms with Gasteiger partial charge in [-0.2, -0.15) is 0 Å². The van der Waals surface area contributed by atoms with Crippen LogP contribution in [-0.2, 0) is 13.0 Å². The minimum absolute atomic E-state index is 0.492. The van der Waals surface area contributed by atoms with Crippen molar-refractivity contribution in [2.45, 2.75) is 53.0 Å². The van der Waals surface area contributed by atoms with E-state index in [0.717, 1.165) is 37.3 Å². The number of aryl methyl sites for hydroxylation is 1. The minimum Gasteiger partial charge on any atom is -0.459 e. The van der Waals surface area contributed by atoms with Crippen molar-refractivity contribution in [2.75, 3.05) is 6.54 Å². The highest BCUT2D eigenvalue weighted by Crippen LogP contribution is 2.33. The average molecular weight is 259 g/mol. The smallest absolute Gasteiger partial charge is 0.137 e. The Morgan fingerprint density at radius 3 is 2.63 bits per heavy atom. The second-order valence-corrected chi connectivity index (χ2v) is 5.42. The summed E-state index contributed by atoms with van der Waals surface area (Å²) in [5.41, 5.74) is 3.76. The summed E-state index contributed by atoms with van der Waals surface area (Å²) in [6, 6.07) is 6.50. The van der Waals surface area contributed by atoms with Crippen molar-refractivity contribution < 1.29 is 4.42 Å². The number of rotatable bonds is 6. The number of benzene rings is 1. The lowest BCUT2D eigenvalue weighted by Gasteiger charge is -2.07. The Morgan fingerprint density at radius 1 is 1.21 bits per heavy atom. The van der Waals surface area contributed by atoms with E-state index < -0.39 is 0 Å². The van der Waals surface area contributed by atoms with Gasteiger partial charge in [-0.15, -0.1) is 0 Å². The monoisotopic (exact) mass is 259 g/mol. The lowest BCUT2D eigenvalue weighted by molar-refractivity contribution is 0.502. The molecule has 0 amide bonds. The topological polar surface area (TPSA) is 25.2 Å². The van der Waals surface area contributed by atoms with Crippen LogP contribution in [0.3, 0.4) is 0 Å². The van der Waals surface area contributed by atoms with E-state index >= 15 is 0 Å². The fraction of sp³-hybridized carbons (Fsp3) is 0.529. The van der Waals surface area contributed by atoms with Gasteiger partial charge in [0, 0.05) is 10.9 Å². The predicted octanol–water partition coefficient (Wildman–Crippen LogP) is 4.62. The molecule has 19 heavy (non-hydrogen) atoms. The molecule has 0 bridgehead atoms. The molecule has 0 atom stereocenters. The third-order valence-electron chi connectivity index (χ3n) is 3.58. The maximum Gasteiger partial charge on any atom is 0.137 e. The van der Waals surface area contributed by atoms with E-state index in [-0.39, 0.29) is 0 Å². The van der Waals surface area contributed by atoms with Gasteiger partial charge in [-0.1, -0.05) is 45.9 Å². The molecule has 0 aliphatic rings. The number of nitrogens with one attached hydrogen (secondary N) is 1. The second kappa shape index (κ2) is 6.25. The van der Waals surface area contributed by atoms with E-state index in [9.17, 15) is 0 Å². The first-order valence-corrected chi connectivity index (χ1v) is 7.42. The molecular weight excluding hydrogens is 234 g/mol. The molecule has 2 aromatic rings. The van der Waals surface area contributed by atoms with Crippen molar-refractivity contribution in [1.82, 2.24) is 5.32 Å². The molecule has 0 aliphatic heterocycles. The standard InChI is InChI=1S/C17H25NO/c1-5-10-18-11-15-16(12(3)4)14-9-7-8-13(6-2)17(14)19-15/h7-9,12,18H,5-6,10-11H2,1-4H3. The van der Waals surface area contributed by atoms with Crippen molar-refractivity contribution in [3.8, 4) is 0 Å². The molecule has 1 aromatic heterocycles. The van der Waals surface area contributed by atoms with E-state index in [0.29, 0.717) is 5.92 Å². The second-order valence-electron chi connectivity index (χ2n) is 5.42. The molecule has 0 saturated heterocycles. The number of hydrogen-bond acceptors (Lipinski definition) is 2. The quantitative estimate of drug-likeness (QED) is 0.766. The van der Waals surface area contributed by atoms with Crippen molar-refractivity contribution in [2.24, 2.45) is 0 Å². The zero-order valence-corrected chi connectivity index (χ0v) is 12.5. The van der Waals surface area contributed by atoms with Crippen LogP contribution in [0.4, 0.5) is 0 Å². The summed E-state index contributed by atoms with van der Waals surface area (Å²) in [7, 11) is 0. The molecule has 1 N–H and O–H groups in total. The molecule has 104 valence electrons. The van der Waals surface area contributed by atoms with Gasteiger partial charge in [-0.25, -0.2) is 0 Å². The first-order chi connectivity index (χ1) is 9.19. The molecule has 0 radical (unpaired) electrons. The van der Waals surface area contributed by atoms with Gasteiger partial charge in [0.25, 0.3) is 0 Å². The molecular formula is C17H25NO. The normalized spacial score (nSPS) is 11.6. The molecule has 2 nitrogen and oxygen atoms in total. The summed E-state index contributed by atoms with van der Waals surface area (Å²) in [5, 5.41) is 4.75. The Kier molecular flexibility index (Phi) is 4.65.